The molecule has 76 valence electrons. The number of likely N-dealkylation sites (tertiary alicyclic amines) is 1. The predicted octanol–water partition coefficient (Wildman–Crippen LogP) is 1.80. The number of rotatable bonds is 3. The molecular weight excluding hydrogens is 184 g/mol. The molecule has 1 heterocycles. The average Bonchev–Trinajstić information content (AvgIpc) is 2.16. The van der Waals surface area contributed by atoms with Gasteiger partial charge in [-0.1, -0.05) is 31.0 Å². The summed E-state index contributed by atoms with van der Waals surface area (Å²) in [4.78, 5) is 2.41. The van der Waals surface area contributed by atoms with Gasteiger partial charge in [-0.05, 0) is 18.9 Å². The Hall–Kier alpha value is -0.0500. The molecule has 2 atom stereocenters. The Balaban J connectivity index is 2.35. The zero-order chi connectivity index (χ0) is 9.68. The minimum absolute atomic E-state index is 0.404. The minimum Gasteiger partial charge on any atom is -0.327 e. The van der Waals surface area contributed by atoms with Crippen molar-refractivity contribution in [2.45, 2.75) is 25.8 Å². The van der Waals surface area contributed by atoms with Gasteiger partial charge in [0.05, 0.1) is 0 Å². The van der Waals surface area contributed by atoms with Crippen molar-refractivity contribution in [2.24, 2.45) is 11.7 Å². The lowest BCUT2D eigenvalue weighted by atomic mass is 9.91. The van der Waals surface area contributed by atoms with E-state index in [0.29, 0.717) is 12.0 Å². The molecule has 0 amide bonds. The molecule has 3 heteroatoms. The van der Waals surface area contributed by atoms with Gasteiger partial charge in [-0.3, -0.25) is 4.90 Å². The van der Waals surface area contributed by atoms with Gasteiger partial charge in [-0.15, -0.1) is 0 Å². The van der Waals surface area contributed by atoms with Crippen LogP contribution in [0, 0.1) is 5.92 Å². The van der Waals surface area contributed by atoms with Crippen molar-refractivity contribution in [3.05, 3.63) is 11.6 Å². The van der Waals surface area contributed by atoms with E-state index in [-0.39, 0.29) is 0 Å². The molecular formula is C10H19ClN2. The fraction of sp³-hybridized carbons (Fsp3) is 0.800. The molecule has 2 N–H and O–H groups in total. The van der Waals surface area contributed by atoms with Gasteiger partial charge in [0.1, 0.15) is 0 Å². The number of nitrogens with zero attached hydrogens (tertiary/aromatic N) is 1. The quantitative estimate of drug-likeness (QED) is 0.757. The van der Waals surface area contributed by atoms with Gasteiger partial charge in [0.15, 0.2) is 0 Å². The van der Waals surface area contributed by atoms with Gasteiger partial charge in [-0.25, -0.2) is 0 Å². The zero-order valence-electron chi connectivity index (χ0n) is 8.25. The van der Waals surface area contributed by atoms with Gasteiger partial charge >= 0.3 is 0 Å². The Morgan fingerprint density at radius 2 is 2.38 bits per heavy atom. The van der Waals surface area contributed by atoms with E-state index in [1.54, 1.807) is 5.54 Å². The first-order chi connectivity index (χ1) is 6.27. The molecule has 0 aliphatic carbocycles. The lowest BCUT2D eigenvalue weighted by Gasteiger charge is -2.35. The standard InChI is InChI=1S/C10H19ClN2/c1-2-9-8-13(6-3-5-11)7-4-10(9)12/h3,5,9-10H,2,4,6-8,12H2,1H3/b5-3+. The van der Waals surface area contributed by atoms with Crippen molar-refractivity contribution >= 4 is 11.6 Å². The second-order valence-electron chi connectivity index (χ2n) is 3.74. The van der Waals surface area contributed by atoms with Crippen molar-refractivity contribution < 1.29 is 0 Å². The number of hydrogen-bond donors (Lipinski definition) is 1. The van der Waals surface area contributed by atoms with Crippen molar-refractivity contribution in [3.63, 3.8) is 0 Å². The van der Waals surface area contributed by atoms with Gasteiger partial charge in [-0.2, -0.15) is 0 Å². The fourth-order valence-corrected chi connectivity index (χ4v) is 1.99. The molecule has 2 nitrogen and oxygen atoms in total. The highest BCUT2D eigenvalue weighted by Crippen LogP contribution is 2.18. The van der Waals surface area contributed by atoms with Crippen LogP contribution in [0.4, 0.5) is 0 Å². The highest BCUT2D eigenvalue weighted by molar-refractivity contribution is 6.25. The number of halogens is 1. The van der Waals surface area contributed by atoms with Crippen LogP contribution in [-0.2, 0) is 0 Å². The lowest BCUT2D eigenvalue weighted by molar-refractivity contribution is 0.166. The first kappa shape index (κ1) is 11.0. The van der Waals surface area contributed by atoms with Gasteiger partial charge in [0, 0.05) is 24.7 Å². The summed E-state index contributed by atoms with van der Waals surface area (Å²) in [6.45, 7) is 5.41. The molecule has 1 fully saturated rings. The lowest BCUT2D eigenvalue weighted by Crippen LogP contribution is -2.46. The molecule has 2 unspecified atom stereocenters. The van der Waals surface area contributed by atoms with Crippen LogP contribution in [0.1, 0.15) is 19.8 Å². The van der Waals surface area contributed by atoms with Crippen LogP contribution in [0.15, 0.2) is 11.6 Å². The first-order valence-corrected chi connectivity index (χ1v) is 5.44. The maximum Gasteiger partial charge on any atom is 0.0174 e. The van der Waals surface area contributed by atoms with Gasteiger partial charge < -0.3 is 5.73 Å². The molecule has 0 radical (unpaired) electrons. The second kappa shape index (κ2) is 5.63. The Labute approximate surface area is 85.7 Å². The Morgan fingerprint density at radius 3 is 3.00 bits per heavy atom. The van der Waals surface area contributed by atoms with Crippen molar-refractivity contribution in [1.29, 1.82) is 0 Å². The number of piperidine rings is 1. The molecule has 13 heavy (non-hydrogen) atoms. The summed E-state index contributed by atoms with van der Waals surface area (Å²) in [5, 5.41) is 0. The monoisotopic (exact) mass is 202 g/mol. The van der Waals surface area contributed by atoms with Crippen molar-refractivity contribution in [3.8, 4) is 0 Å². The summed E-state index contributed by atoms with van der Waals surface area (Å²) in [6, 6.07) is 0.404. The molecule has 1 saturated heterocycles. The summed E-state index contributed by atoms with van der Waals surface area (Å²) in [5.74, 6) is 0.664. The minimum atomic E-state index is 0.404. The largest absolute Gasteiger partial charge is 0.327 e. The summed E-state index contributed by atoms with van der Waals surface area (Å²) in [5.41, 5.74) is 7.60. The molecule has 0 aromatic carbocycles. The summed E-state index contributed by atoms with van der Waals surface area (Å²) in [6.07, 6.45) is 4.29. The van der Waals surface area contributed by atoms with Crippen LogP contribution in [0.25, 0.3) is 0 Å². The maximum absolute atomic E-state index is 6.01. The van der Waals surface area contributed by atoms with Crippen LogP contribution in [0.5, 0.6) is 0 Å². The third kappa shape index (κ3) is 3.29. The van der Waals surface area contributed by atoms with E-state index in [1.165, 1.54) is 6.42 Å². The molecule has 1 aliphatic heterocycles. The van der Waals surface area contributed by atoms with E-state index in [1.807, 2.05) is 6.08 Å². The van der Waals surface area contributed by atoms with Crippen LogP contribution in [0.2, 0.25) is 0 Å². The summed E-state index contributed by atoms with van der Waals surface area (Å²) >= 11 is 5.49. The van der Waals surface area contributed by atoms with Gasteiger partial charge in [0.2, 0.25) is 0 Å². The smallest absolute Gasteiger partial charge is 0.0174 e. The van der Waals surface area contributed by atoms with Gasteiger partial charge in [0.25, 0.3) is 0 Å². The van der Waals surface area contributed by atoms with Crippen LogP contribution in [0.3, 0.4) is 0 Å². The number of hydrogen-bond acceptors (Lipinski definition) is 2. The Bertz CT molecular complexity index is 170. The third-order valence-corrected chi connectivity index (χ3v) is 3.03. The van der Waals surface area contributed by atoms with Crippen LogP contribution < -0.4 is 5.73 Å². The highest BCUT2D eigenvalue weighted by atomic mass is 35.5. The Morgan fingerprint density at radius 1 is 1.62 bits per heavy atom. The summed E-state index contributed by atoms with van der Waals surface area (Å²) < 4.78 is 0. The van der Waals surface area contributed by atoms with Crippen LogP contribution >= 0.6 is 11.6 Å². The zero-order valence-corrected chi connectivity index (χ0v) is 9.00. The molecule has 1 aliphatic rings. The summed E-state index contributed by atoms with van der Waals surface area (Å²) in [7, 11) is 0. The molecule has 0 spiro atoms. The molecule has 0 aromatic rings. The number of nitrogens with two attached hydrogens (primary N) is 1. The second-order valence-corrected chi connectivity index (χ2v) is 3.99. The normalized spacial score (nSPS) is 31.3. The Kier molecular flexibility index (Phi) is 4.78. The SMILES string of the molecule is CCC1CN(C/C=C/Cl)CCC1N. The third-order valence-electron chi connectivity index (χ3n) is 2.85. The van der Waals surface area contributed by atoms with E-state index < -0.39 is 0 Å². The van der Waals surface area contributed by atoms with E-state index >= 15 is 0 Å². The first-order valence-electron chi connectivity index (χ1n) is 5.01. The molecule has 0 aromatic heterocycles. The molecule has 0 saturated carbocycles. The van der Waals surface area contributed by atoms with E-state index in [4.69, 9.17) is 17.3 Å². The fourth-order valence-electron chi connectivity index (χ4n) is 1.91. The highest BCUT2D eigenvalue weighted by Gasteiger charge is 2.24. The molecule has 1 rings (SSSR count). The van der Waals surface area contributed by atoms with Crippen molar-refractivity contribution in [1.82, 2.24) is 4.90 Å². The molecule has 0 bridgehead atoms. The van der Waals surface area contributed by atoms with E-state index in [0.717, 1.165) is 26.1 Å². The van der Waals surface area contributed by atoms with E-state index in [9.17, 15) is 0 Å². The predicted molar refractivity (Wildman–Crippen MR) is 57.8 cm³/mol. The van der Waals surface area contributed by atoms with Crippen molar-refractivity contribution in [2.75, 3.05) is 19.6 Å². The van der Waals surface area contributed by atoms with Crippen LogP contribution in [-0.4, -0.2) is 30.6 Å². The maximum atomic E-state index is 6.01. The van der Waals surface area contributed by atoms with E-state index in [2.05, 4.69) is 11.8 Å². The topological polar surface area (TPSA) is 29.3 Å². The average molecular weight is 203 g/mol.